The normalized spacial score (nSPS) is 15.6. The lowest BCUT2D eigenvalue weighted by atomic mass is 10.1. The zero-order valence-electron chi connectivity index (χ0n) is 16.3. The molecule has 0 bridgehead atoms. The molecule has 2 N–H and O–H groups in total. The Hall–Kier alpha value is -2.98. The van der Waals surface area contributed by atoms with Crippen molar-refractivity contribution >= 4 is 26.6 Å². The number of H-pyrrole nitrogens is 1. The summed E-state index contributed by atoms with van der Waals surface area (Å²) in [4.78, 5) is 27.4. The lowest BCUT2D eigenvalue weighted by Crippen LogP contribution is -2.44. The number of aromatic nitrogens is 2. The molecule has 1 aromatic heterocycles. The number of nitrogens with zero attached hydrogens (tertiary/aromatic N) is 2. The lowest BCUT2D eigenvalue weighted by molar-refractivity contribution is 0.458. The van der Waals surface area contributed by atoms with Gasteiger partial charge in [-0.1, -0.05) is 18.2 Å². The minimum Gasteiger partial charge on any atom is -0.371 e. The Bertz CT molecular complexity index is 1310. The first-order valence-corrected chi connectivity index (χ1v) is 11.0. The van der Waals surface area contributed by atoms with E-state index in [1.165, 1.54) is 7.05 Å². The van der Waals surface area contributed by atoms with Crippen LogP contribution in [-0.2, 0) is 17.1 Å². The SMILES string of the molecule is Cn1c(=O)[nH]c(=O)c2cc(S(=O)(=O)NC3CCN(c4ccccc4)CC3)c(F)cc21. The van der Waals surface area contributed by atoms with Gasteiger partial charge in [0.1, 0.15) is 10.7 Å². The first kappa shape index (κ1) is 20.3. The molecule has 0 amide bonds. The minimum absolute atomic E-state index is 0.0244. The van der Waals surface area contributed by atoms with Crippen molar-refractivity contribution in [3.63, 3.8) is 0 Å². The zero-order chi connectivity index (χ0) is 21.5. The van der Waals surface area contributed by atoms with Crippen molar-refractivity contribution in [2.45, 2.75) is 23.8 Å². The number of rotatable bonds is 4. The van der Waals surface area contributed by atoms with Gasteiger partial charge in [0.25, 0.3) is 5.56 Å². The van der Waals surface area contributed by atoms with Crippen LogP contribution in [-0.4, -0.2) is 37.1 Å². The number of hydrogen-bond acceptors (Lipinski definition) is 5. The van der Waals surface area contributed by atoms with Crippen LogP contribution in [0.25, 0.3) is 10.9 Å². The summed E-state index contributed by atoms with van der Waals surface area (Å²) in [6.45, 7) is 1.33. The van der Waals surface area contributed by atoms with Gasteiger partial charge >= 0.3 is 5.69 Å². The molecule has 0 atom stereocenters. The first-order chi connectivity index (χ1) is 14.3. The number of piperidine rings is 1. The van der Waals surface area contributed by atoms with Gasteiger partial charge in [-0.05, 0) is 37.1 Å². The molecule has 0 radical (unpaired) electrons. The molecule has 8 nitrogen and oxygen atoms in total. The predicted octanol–water partition coefficient (Wildman–Crippen LogP) is 1.31. The maximum absolute atomic E-state index is 14.6. The van der Waals surface area contributed by atoms with Gasteiger partial charge in [0.05, 0.1) is 10.9 Å². The highest BCUT2D eigenvalue weighted by atomic mass is 32.2. The van der Waals surface area contributed by atoms with Crippen molar-refractivity contribution in [2.24, 2.45) is 7.05 Å². The molecule has 158 valence electrons. The maximum Gasteiger partial charge on any atom is 0.328 e. The second-order valence-corrected chi connectivity index (χ2v) is 9.02. The highest BCUT2D eigenvalue weighted by Gasteiger charge is 2.27. The summed E-state index contributed by atoms with van der Waals surface area (Å²) < 4.78 is 43.9. The molecule has 0 aliphatic carbocycles. The number of fused-ring (bicyclic) bond motifs is 1. The van der Waals surface area contributed by atoms with Crippen molar-refractivity contribution in [3.05, 3.63) is 69.1 Å². The van der Waals surface area contributed by atoms with Crippen LogP contribution in [0.1, 0.15) is 12.8 Å². The second-order valence-electron chi connectivity index (χ2n) is 7.34. The number of hydrogen-bond donors (Lipinski definition) is 2. The quantitative estimate of drug-likeness (QED) is 0.647. The molecule has 3 aromatic rings. The fourth-order valence-corrected chi connectivity index (χ4v) is 5.13. The molecule has 1 aliphatic heterocycles. The van der Waals surface area contributed by atoms with E-state index >= 15 is 0 Å². The number of anilines is 1. The average Bonchev–Trinajstić information content (AvgIpc) is 2.72. The van der Waals surface area contributed by atoms with Gasteiger partial charge in [-0.2, -0.15) is 0 Å². The molecule has 0 unspecified atom stereocenters. The Labute approximate surface area is 172 Å². The summed E-state index contributed by atoms with van der Waals surface area (Å²) in [6, 6.07) is 11.4. The van der Waals surface area contributed by atoms with Crippen LogP contribution < -0.4 is 20.9 Å². The van der Waals surface area contributed by atoms with E-state index < -0.39 is 32.0 Å². The van der Waals surface area contributed by atoms with Gasteiger partial charge in [-0.25, -0.2) is 22.3 Å². The van der Waals surface area contributed by atoms with Gasteiger partial charge < -0.3 is 4.90 Å². The van der Waals surface area contributed by atoms with E-state index in [2.05, 4.69) is 14.6 Å². The topological polar surface area (TPSA) is 104 Å². The van der Waals surface area contributed by atoms with Crippen LogP contribution in [0.15, 0.2) is 56.9 Å². The number of benzene rings is 2. The lowest BCUT2D eigenvalue weighted by Gasteiger charge is -2.33. The largest absolute Gasteiger partial charge is 0.371 e. The van der Waals surface area contributed by atoms with Crippen LogP contribution in [0.5, 0.6) is 0 Å². The third-order valence-electron chi connectivity index (χ3n) is 5.41. The summed E-state index contributed by atoms with van der Waals surface area (Å²) in [6.07, 6.45) is 1.14. The molecule has 10 heteroatoms. The number of aryl methyl sites for hydroxylation is 1. The highest BCUT2D eigenvalue weighted by molar-refractivity contribution is 7.89. The van der Waals surface area contributed by atoms with Gasteiger partial charge in [0.2, 0.25) is 10.0 Å². The third kappa shape index (κ3) is 3.75. The highest BCUT2D eigenvalue weighted by Crippen LogP contribution is 2.23. The van der Waals surface area contributed by atoms with E-state index in [0.717, 1.165) is 22.4 Å². The summed E-state index contributed by atoms with van der Waals surface area (Å²) in [5.74, 6) is -1.02. The molecule has 0 spiro atoms. The Morgan fingerprint density at radius 3 is 2.43 bits per heavy atom. The van der Waals surface area contributed by atoms with Gasteiger partial charge in [0.15, 0.2) is 0 Å². The van der Waals surface area contributed by atoms with Crippen molar-refractivity contribution in [3.8, 4) is 0 Å². The first-order valence-electron chi connectivity index (χ1n) is 9.51. The smallest absolute Gasteiger partial charge is 0.328 e. The molecule has 4 rings (SSSR count). The Morgan fingerprint density at radius 2 is 1.77 bits per heavy atom. The Morgan fingerprint density at radius 1 is 1.10 bits per heavy atom. The fraction of sp³-hybridized carbons (Fsp3) is 0.300. The van der Waals surface area contributed by atoms with Crippen LogP contribution in [0.4, 0.5) is 10.1 Å². The van der Waals surface area contributed by atoms with Crippen LogP contribution in [0.2, 0.25) is 0 Å². The van der Waals surface area contributed by atoms with Crippen molar-refractivity contribution in [2.75, 3.05) is 18.0 Å². The molecular formula is C20H21FN4O4S. The summed E-state index contributed by atoms with van der Waals surface area (Å²) >= 11 is 0. The summed E-state index contributed by atoms with van der Waals surface area (Å²) in [5.41, 5.74) is -0.368. The minimum atomic E-state index is -4.19. The molecule has 2 heterocycles. The molecule has 2 aromatic carbocycles. The van der Waals surface area contributed by atoms with Crippen molar-refractivity contribution in [1.82, 2.24) is 14.3 Å². The van der Waals surface area contributed by atoms with Crippen LogP contribution in [0.3, 0.4) is 0 Å². The summed E-state index contributed by atoms with van der Waals surface area (Å²) in [5, 5.41) is -0.0715. The van der Waals surface area contributed by atoms with E-state index in [-0.39, 0.29) is 16.9 Å². The zero-order valence-corrected chi connectivity index (χ0v) is 17.1. The third-order valence-corrected chi connectivity index (χ3v) is 6.94. The van der Waals surface area contributed by atoms with E-state index in [0.29, 0.717) is 25.9 Å². The summed E-state index contributed by atoms with van der Waals surface area (Å²) in [7, 11) is -2.82. The predicted molar refractivity (Wildman–Crippen MR) is 112 cm³/mol. The fourth-order valence-electron chi connectivity index (χ4n) is 3.74. The van der Waals surface area contributed by atoms with Crippen LogP contribution in [0, 0.1) is 5.82 Å². The van der Waals surface area contributed by atoms with Crippen LogP contribution >= 0.6 is 0 Å². The van der Waals surface area contributed by atoms with Gasteiger partial charge in [-0.15, -0.1) is 0 Å². The molecule has 1 saturated heterocycles. The number of aromatic amines is 1. The van der Waals surface area contributed by atoms with E-state index in [4.69, 9.17) is 0 Å². The Kier molecular flexibility index (Phi) is 5.20. The van der Waals surface area contributed by atoms with Crippen molar-refractivity contribution in [1.29, 1.82) is 0 Å². The Balaban J connectivity index is 1.57. The van der Waals surface area contributed by atoms with Gasteiger partial charge in [-0.3, -0.25) is 14.3 Å². The van der Waals surface area contributed by atoms with Gasteiger partial charge in [0, 0.05) is 31.9 Å². The standard InChI is InChI=1S/C20H21FN4O4S/c1-24-17-12-16(21)18(11-15(17)19(26)22-20(24)27)30(28,29)23-13-7-9-25(10-8-13)14-5-3-2-4-6-14/h2-6,11-13,23H,7-10H2,1H3,(H,22,26,27). The van der Waals surface area contributed by atoms with E-state index in [1.807, 2.05) is 30.3 Å². The molecule has 30 heavy (non-hydrogen) atoms. The van der Waals surface area contributed by atoms with Crippen molar-refractivity contribution < 1.29 is 12.8 Å². The second kappa shape index (κ2) is 7.69. The number of sulfonamides is 1. The molecule has 1 aliphatic rings. The van der Waals surface area contributed by atoms with E-state index in [1.54, 1.807) is 0 Å². The molecule has 0 saturated carbocycles. The maximum atomic E-state index is 14.6. The van der Waals surface area contributed by atoms with E-state index in [9.17, 15) is 22.4 Å². The number of halogens is 1. The molecular weight excluding hydrogens is 411 g/mol. The molecule has 1 fully saturated rings. The number of nitrogens with one attached hydrogen (secondary N) is 2. The average molecular weight is 432 g/mol. The monoisotopic (exact) mass is 432 g/mol. The number of para-hydroxylation sites is 1.